The SMILES string of the molecule is COc1c(O)cc(C(C)(C)C)cc1CC(C)N. The lowest BCUT2D eigenvalue weighted by Crippen LogP contribution is -2.19. The monoisotopic (exact) mass is 237 g/mol. The van der Waals surface area contributed by atoms with Crippen molar-refractivity contribution in [1.82, 2.24) is 0 Å². The number of hydrogen-bond acceptors (Lipinski definition) is 3. The normalized spacial score (nSPS) is 13.5. The average Bonchev–Trinajstić information content (AvgIpc) is 2.14. The number of hydrogen-bond donors (Lipinski definition) is 2. The van der Waals surface area contributed by atoms with Gasteiger partial charge in [0.15, 0.2) is 11.5 Å². The molecule has 0 amide bonds. The quantitative estimate of drug-likeness (QED) is 0.849. The summed E-state index contributed by atoms with van der Waals surface area (Å²) >= 11 is 0. The maximum Gasteiger partial charge on any atom is 0.163 e. The summed E-state index contributed by atoms with van der Waals surface area (Å²) < 4.78 is 5.24. The lowest BCUT2D eigenvalue weighted by atomic mass is 9.85. The molecule has 0 saturated carbocycles. The van der Waals surface area contributed by atoms with Gasteiger partial charge in [-0.2, -0.15) is 0 Å². The van der Waals surface area contributed by atoms with Gasteiger partial charge in [0.05, 0.1) is 7.11 Å². The average molecular weight is 237 g/mol. The summed E-state index contributed by atoms with van der Waals surface area (Å²) in [6.07, 6.45) is 0.695. The Morgan fingerprint density at radius 3 is 2.35 bits per heavy atom. The van der Waals surface area contributed by atoms with Crippen LogP contribution < -0.4 is 10.5 Å². The summed E-state index contributed by atoms with van der Waals surface area (Å²) in [4.78, 5) is 0. The number of methoxy groups -OCH3 is 1. The van der Waals surface area contributed by atoms with Crippen molar-refractivity contribution in [3.63, 3.8) is 0 Å². The van der Waals surface area contributed by atoms with E-state index in [9.17, 15) is 5.11 Å². The second-order valence-corrected chi connectivity index (χ2v) is 5.62. The molecule has 3 N–H and O–H groups in total. The molecule has 0 radical (unpaired) electrons. The minimum Gasteiger partial charge on any atom is -0.504 e. The predicted octanol–water partition coefficient (Wildman–Crippen LogP) is 2.59. The zero-order valence-electron chi connectivity index (χ0n) is 11.4. The van der Waals surface area contributed by atoms with Gasteiger partial charge in [0.2, 0.25) is 0 Å². The van der Waals surface area contributed by atoms with Crippen LogP contribution in [0.3, 0.4) is 0 Å². The van der Waals surface area contributed by atoms with E-state index in [1.54, 1.807) is 13.2 Å². The molecule has 0 aliphatic rings. The first kappa shape index (κ1) is 13.8. The Morgan fingerprint density at radius 2 is 1.94 bits per heavy atom. The molecular formula is C14H23NO2. The molecule has 0 bridgehead atoms. The summed E-state index contributed by atoms with van der Waals surface area (Å²) in [6, 6.07) is 3.88. The van der Waals surface area contributed by atoms with Gasteiger partial charge in [0.1, 0.15) is 0 Å². The first-order chi connectivity index (χ1) is 7.75. The zero-order valence-corrected chi connectivity index (χ0v) is 11.4. The van der Waals surface area contributed by atoms with Crippen LogP contribution in [0.2, 0.25) is 0 Å². The highest BCUT2D eigenvalue weighted by Gasteiger charge is 2.19. The van der Waals surface area contributed by atoms with E-state index >= 15 is 0 Å². The number of phenols is 1. The molecule has 0 saturated heterocycles. The van der Waals surface area contributed by atoms with E-state index in [0.717, 1.165) is 11.1 Å². The molecule has 1 rings (SSSR count). The molecule has 0 aliphatic heterocycles. The maximum atomic E-state index is 9.98. The number of phenolic OH excluding ortho intramolecular Hbond substituents is 1. The number of rotatable bonds is 3. The Kier molecular flexibility index (Phi) is 4.04. The molecule has 0 spiro atoms. The Balaban J connectivity index is 3.28. The van der Waals surface area contributed by atoms with Gasteiger partial charge < -0.3 is 15.6 Å². The van der Waals surface area contributed by atoms with E-state index in [0.29, 0.717) is 12.2 Å². The van der Waals surface area contributed by atoms with Crippen molar-refractivity contribution in [2.75, 3.05) is 7.11 Å². The summed E-state index contributed by atoms with van der Waals surface area (Å²) in [6.45, 7) is 8.29. The number of nitrogens with two attached hydrogens (primary N) is 1. The minimum absolute atomic E-state index is 0.00363. The van der Waals surface area contributed by atoms with Crippen LogP contribution in [0.4, 0.5) is 0 Å². The highest BCUT2D eigenvalue weighted by atomic mass is 16.5. The van der Waals surface area contributed by atoms with Crippen LogP contribution in [0, 0.1) is 0 Å². The summed E-state index contributed by atoms with van der Waals surface area (Å²) in [7, 11) is 1.57. The van der Waals surface area contributed by atoms with Crippen LogP contribution in [0.15, 0.2) is 12.1 Å². The molecule has 1 aromatic rings. The second-order valence-electron chi connectivity index (χ2n) is 5.62. The van der Waals surface area contributed by atoms with Crippen molar-refractivity contribution in [2.24, 2.45) is 5.73 Å². The molecule has 17 heavy (non-hydrogen) atoms. The number of benzene rings is 1. The molecule has 3 heteroatoms. The van der Waals surface area contributed by atoms with E-state index in [1.165, 1.54) is 0 Å². The van der Waals surface area contributed by atoms with Gasteiger partial charge in [-0.15, -0.1) is 0 Å². The third-order valence-corrected chi connectivity index (χ3v) is 2.76. The second kappa shape index (κ2) is 4.96. The van der Waals surface area contributed by atoms with E-state index < -0.39 is 0 Å². The highest BCUT2D eigenvalue weighted by molar-refractivity contribution is 5.50. The van der Waals surface area contributed by atoms with Crippen LogP contribution in [-0.4, -0.2) is 18.3 Å². The standard InChI is InChI=1S/C14H23NO2/c1-9(15)6-10-7-11(14(2,3)4)8-12(16)13(10)17-5/h7-9,16H,6,15H2,1-5H3. The molecule has 1 aromatic carbocycles. The Bertz CT molecular complexity index is 392. The van der Waals surface area contributed by atoms with Crippen LogP contribution in [-0.2, 0) is 11.8 Å². The number of ether oxygens (including phenoxy) is 1. The fourth-order valence-electron chi connectivity index (χ4n) is 1.84. The molecule has 0 aliphatic carbocycles. The van der Waals surface area contributed by atoms with Gasteiger partial charge in [-0.3, -0.25) is 0 Å². The van der Waals surface area contributed by atoms with E-state index in [-0.39, 0.29) is 17.2 Å². The minimum atomic E-state index is -0.00363. The van der Waals surface area contributed by atoms with Gasteiger partial charge in [0.25, 0.3) is 0 Å². The van der Waals surface area contributed by atoms with E-state index in [1.807, 2.05) is 6.92 Å². The fourth-order valence-corrected chi connectivity index (χ4v) is 1.84. The molecule has 96 valence electrons. The first-order valence-electron chi connectivity index (χ1n) is 5.91. The van der Waals surface area contributed by atoms with Crippen molar-refractivity contribution in [3.8, 4) is 11.5 Å². The van der Waals surface area contributed by atoms with Gasteiger partial charge >= 0.3 is 0 Å². The van der Waals surface area contributed by atoms with Crippen molar-refractivity contribution in [2.45, 2.75) is 45.6 Å². The van der Waals surface area contributed by atoms with Gasteiger partial charge in [0, 0.05) is 6.04 Å². The molecule has 0 fully saturated rings. The summed E-state index contributed by atoms with van der Waals surface area (Å²) in [5.41, 5.74) is 7.87. The topological polar surface area (TPSA) is 55.5 Å². The Labute approximate surface area is 104 Å². The molecule has 3 nitrogen and oxygen atoms in total. The Hall–Kier alpha value is -1.22. The van der Waals surface area contributed by atoms with Crippen molar-refractivity contribution in [3.05, 3.63) is 23.3 Å². The molecule has 0 heterocycles. The third-order valence-electron chi connectivity index (χ3n) is 2.76. The maximum absolute atomic E-state index is 9.98. The fraction of sp³-hybridized carbons (Fsp3) is 0.571. The summed E-state index contributed by atoms with van der Waals surface area (Å²) in [5.74, 6) is 0.728. The van der Waals surface area contributed by atoms with Crippen LogP contribution >= 0.6 is 0 Å². The molecule has 1 unspecified atom stereocenters. The lowest BCUT2D eigenvalue weighted by Gasteiger charge is -2.22. The lowest BCUT2D eigenvalue weighted by molar-refractivity contribution is 0.367. The third kappa shape index (κ3) is 3.37. The van der Waals surface area contributed by atoms with E-state index in [4.69, 9.17) is 10.5 Å². The van der Waals surface area contributed by atoms with Gasteiger partial charge in [-0.25, -0.2) is 0 Å². The first-order valence-corrected chi connectivity index (χ1v) is 5.91. The van der Waals surface area contributed by atoms with Crippen LogP contribution in [0.25, 0.3) is 0 Å². The van der Waals surface area contributed by atoms with Crippen molar-refractivity contribution < 1.29 is 9.84 Å². The molecule has 1 atom stereocenters. The summed E-state index contributed by atoms with van der Waals surface area (Å²) in [5, 5.41) is 9.98. The van der Waals surface area contributed by atoms with Gasteiger partial charge in [-0.1, -0.05) is 26.8 Å². The largest absolute Gasteiger partial charge is 0.504 e. The Morgan fingerprint density at radius 1 is 1.35 bits per heavy atom. The smallest absolute Gasteiger partial charge is 0.163 e. The van der Waals surface area contributed by atoms with E-state index in [2.05, 4.69) is 26.8 Å². The van der Waals surface area contributed by atoms with Crippen molar-refractivity contribution >= 4 is 0 Å². The molecule has 0 aromatic heterocycles. The highest BCUT2D eigenvalue weighted by Crippen LogP contribution is 2.36. The zero-order chi connectivity index (χ0) is 13.2. The van der Waals surface area contributed by atoms with Crippen molar-refractivity contribution in [1.29, 1.82) is 0 Å². The molecular weight excluding hydrogens is 214 g/mol. The predicted molar refractivity (Wildman–Crippen MR) is 70.7 cm³/mol. The van der Waals surface area contributed by atoms with Crippen LogP contribution in [0.1, 0.15) is 38.8 Å². The van der Waals surface area contributed by atoms with Gasteiger partial charge in [-0.05, 0) is 36.0 Å². The van der Waals surface area contributed by atoms with Crippen LogP contribution in [0.5, 0.6) is 11.5 Å². The number of aromatic hydroxyl groups is 1.